The summed E-state index contributed by atoms with van der Waals surface area (Å²) in [5.41, 5.74) is 9.53. The van der Waals surface area contributed by atoms with Crippen LogP contribution in [-0.2, 0) is 11.0 Å². The molecule has 5 rings (SSSR count). The van der Waals surface area contributed by atoms with Crippen molar-refractivity contribution < 1.29 is 22.9 Å². The van der Waals surface area contributed by atoms with Crippen molar-refractivity contribution in [3.63, 3.8) is 0 Å². The van der Waals surface area contributed by atoms with Crippen LogP contribution in [0.4, 0.5) is 15.9 Å². The molecule has 5 aromatic rings. The smallest absolute Gasteiger partial charge is 0.214 e. The van der Waals surface area contributed by atoms with Crippen LogP contribution in [0.3, 0.4) is 0 Å². The third-order valence-corrected chi connectivity index (χ3v) is 6.46. The molecule has 38 heavy (non-hydrogen) atoms. The molecule has 0 fully saturated rings. The number of ether oxygens (including phenoxy) is 2. The van der Waals surface area contributed by atoms with Gasteiger partial charge in [0.25, 0.3) is 0 Å². The number of nitrogens with zero attached hydrogens (tertiary/aromatic N) is 2. The van der Waals surface area contributed by atoms with Crippen LogP contribution in [0.25, 0.3) is 16.6 Å². The van der Waals surface area contributed by atoms with E-state index in [0.29, 0.717) is 34.1 Å². The summed E-state index contributed by atoms with van der Waals surface area (Å²) in [4.78, 5) is 16.5. The summed E-state index contributed by atoms with van der Waals surface area (Å²) in [5.74, 6) is 0.423. The zero-order chi connectivity index (χ0) is 27.0. The first kappa shape index (κ1) is 25.0. The molecule has 3 aromatic carbocycles. The average molecular weight is 534 g/mol. The highest BCUT2D eigenvalue weighted by molar-refractivity contribution is 7.85. The summed E-state index contributed by atoms with van der Waals surface area (Å²) in [6, 6.07) is 16.5. The Kier molecular flexibility index (Phi) is 6.60. The predicted octanol–water partition coefficient (Wildman–Crippen LogP) is 5.12. The Balaban J connectivity index is 1.43. The second-order valence-corrected chi connectivity index (χ2v) is 9.66. The van der Waals surface area contributed by atoms with Crippen LogP contribution in [0.2, 0.25) is 0 Å². The number of rotatable bonds is 8. The number of aryl methyl sites for hydroxylation is 1. The van der Waals surface area contributed by atoms with Crippen LogP contribution >= 0.6 is 0 Å². The number of fused-ring (bicyclic) bond motifs is 1. The number of ketones is 1. The van der Waals surface area contributed by atoms with E-state index in [1.54, 1.807) is 54.6 Å². The van der Waals surface area contributed by atoms with Gasteiger partial charge in [-0.1, -0.05) is 12.1 Å². The molecule has 0 amide bonds. The van der Waals surface area contributed by atoms with Crippen molar-refractivity contribution in [2.75, 3.05) is 23.8 Å². The van der Waals surface area contributed by atoms with E-state index in [4.69, 9.17) is 15.2 Å². The van der Waals surface area contributed by atoms with E-state index >= 15 is 0 Å². The van der Waals surface area contributed by atoms with E-state index in [0.717, 1.165) is 10.9 Å². The van der Waals surface area contributed by atoms with E-state index in [9.17, 15) is 13.4 Å². The molecule has 0 radical (unpaired) electrons. The number of halogens is 1. The highest BCUT2D eigenvalue weighted by Gasteiger charge is 2.21. The van der Waals surface area contributed by atoms with Crippen molar-refractivity contribution in [3.05, 3.63) is 89.5 Å². The highest BCUT2D eigenvalue weighted by Crippen LogP contribution is 2.32. The zero-order valence-electron chi connectivity index (χ0n) is 20.7. The number of methoxy groups -OCH3 is 1. The number of hydrogen-bond donors (Lipinski definition) is 3. The van der Waals surface area contributed by atoms with Crippen LogP contribution in [0.15, 0.2) is 66.9 Å². The van der Waals surface area contributed by atoms with Crippen molar-refractivity contribution in [2.45, 2.75) is 6.92 Å². The van der Waals surface area contributed by atoms with Crippen molar-refractivity contribution in [1.29, 1.82) is 0 Å². The van der Waals surface area contributed by atoms with Gasteiger partial charge in [0.15, 0.2) is 11.6 Å². The summed E-state index contributed by atoms with van der Waals surface area (Å²) in [6.45, 7) is 1.84. The quantitative estimate of drug-likeness (QED) is 0.238. The molecule has 0 bridgehead atoms. The van der Waals surface area contributed by atoms with Gasteiger partial charge in [-0.3, -0.25) is 4.79 Å². The molecule has 1 atom stereocenters. The van der Waals surface area contributed by atoms with Crippen LogP contribution in [-0.4, -0.2) is 38.1 Å². The number of carbonyl (C=O) groups excluding carboxylic acids is 1. The van der Waals surface area contributed by atoms with Crippen LogP contribution in [0, 0.1) is 12.7 Å². The van der Waals surface area contributed by atoms with E-state index in [1.807, 2.05) is 6.92 Å². The average Bonchev–Trinajstić information content (AvgIpc) is 3.47. The van der Waals surface area contributed by atoms with E-state index in [-0.39, 0.29) is 22.9 Å². The van der Waals surface area contributed by atoms with Gasteiger partial charge < -0.3 is 24.9 Å². The maximum atomic E-state index is 14.0. The number of benzene rings is 3. The Morgan fingerprint density at radius 1 is 1.13 bits per heavy atom. The number of hydrogen-bond acceptors (Lipinski definition) is 6. The van der Waals surface area contributed by atoms with Crippen LogP contribution in [0.1, 0.15) is 21.6 Å². The number of nitrogens with one attached hydrogen (secondary N) is 2. The van der Waals surface area contributed by atoms with Gasteiger partial charge in [-0.15, -0.1) is 0 Å². The maximum Gasteiger partial charge on any atom is 0.214 e. The third-order valence-electron chi connectivity index (χ3n) is 5.95. The minimum atomic E-state index is -1.30. The summed E-state index contributed by atoms with van der Waals surface area (Å²) in [6.07, 6.45) is 2.93. The van der Waals surface area contributed by atoms with Gasteiger partial charge in [-0.25, -0.2) is 13.3 Å². The van der Waals surface area contributed by atoms with Crippen molar-refractivity contribution in [1.82, 2.24) is 14.8 Å². The van der Waals surface area contributed by atoms with Gasteiger partial charge in [0, 0.05) is 23.2 Å². The second kappa shape index (κ2) is 10.0. The largest absolute Gasteiger partial charge is 0.494 e. The molecule has 2 aromatic heterocycles. The Bertz CT molecular complexity index is 1710. The number of H-pyrrole nitrogens is 1. The molecule has 2 heterocycles. The fraction of sp³-hybridized carbons (Fsp3) is 0.111. The molecule has 0 aliphatic rings. The standard InChI is InChI=1S/C27H24FN5O4S/c1-15-10-17(37-24-7-5-4-6-19(24)28)8-9-23(15)33-27(29)18(14-30-33)26(34)22-12-16-11-21(32-38(3)35)25(36-2)13-20(16)31-22/h4-14,31-32H,29H2,1-3H3. The maximum absolute atomic E-state index is 14.0. The molecule has 1 unspecified atom stereocenters. The zero-order valence-corrected chi connectivity index (χ0v) is 21.6. The number of aromatic nitrogens is 3. The minimum Gasteiger partial charge on any atom is -0.494 e. The van der Waals surface area contributed by atoms with E-state index < -0.39 is 16.8 Å². The SMILES string of the molecule is COc1cc2[nH]c(C(=O)c3cnn(-c4ccc(Oc5ccccc5F)cc4C)c3N)cc2cc1NS(C)=O. The monoisotopic (exact) mass is 533 g/mol. The number of para-hydroxylation sites is 1. The Morgan fingerprint density at radius 3 is 2.63 bits per heavy atom. The molecule has 0 spiro atoms. The molecule has 0 saturated heterocycles. The lowest BCUT2D eigenvalue weighted by atomic mass is 10.1. The van der Waals surface area contributed by atoms with Gasteiger partial charge >= 0.3 is 0 Å². The third kappa shape index (κ3) is 4.71. The Morgan fingerprint density at radius 2 is 1.92 bits per heavy atom. The molecular weight excluding hydrogens is 509 g/mol. The minimum absolute atomic E-state index is 0.118. The number of nitrogen functional groups attached to an aromatic ring is 1. The van der Waals surface area contributed by atoms with Crippen LogP contribution < -0.4 is 19.9 Å². The summed E-state index contributed by atoms with van der Waals surface area (Å²) in [5, 5.41) is 5.07. The normalized spacial score (nSPS) is 11.9. The van der Waals surface area contributed by atoms with Crippen molar-refractivity contribution in [2.24, 2.45) is 0 Å². The molecule has 11 heteroatoms. The first-order valence-electron chi connectivity index (χ1n) is 11.5. The van der Waals surface area contributed by atoms with E-state index in [1.165, 1.54) is 30.3 Å². The van der Waals surface area contributed by atoms with E-state index in [2.05, 4.69) is 14.8 Å². The summed E-state index contributed by atoms with van der Waals surface area (Å²) < 4.78 is 40.9. The lowest BCUT2D eigenvalue weighted by Crippen LogP contribution is -2.08. The molecule has 194 valence electrons. The van der Waals surface area contributed by atoms with Gasteiger partial charge in [-0.05, 0) is 55.0 Å². The first-order valence-corrected chi connectivity index (χ1v) is 13.0. The molecule has 9 nitrogen and oxygen atoms in total. The molecule has 4 N–H and O–H groups in total. The molecule has 0 saturated carbocycles. The molecule has 0 aliphatic carbocycles. The second-order valence-electron chi connectivity index (χ2n) is 8.54. The van der Waals surface area contributed by atoms with Crippen LogP contribution in [0.5, 0.6) is 17.2 Å². The fourth-order valence-electron chi connectivity index (χ4n) is 4.14. The lowest BCUT2D eigenvalue weighted by Gasteiger charge is -2.12. The summed E-state index contributed by atoms with van der Waals surface area (Å²) in [7, 11) is 0.213. The number of carbonyl (C=O) groups is 1. The van der Waals surface area contributed by atoms with Gasteiger partial charge in [0.2, 0.25) is 5.78 Å². The van der Waals surface area contributed by atoms with Crippen molar-refractivity contribution in [3.8, 4) is 22.9 Å². The number of nitrogens with two attached hydrogens (primary N) is 1. The van der Waals surface area contributed by atoms with Crippen molar-refractivity contribution >= 4 is 39.2 Å². The Hall–Kier alpha value is -4.64. The number of aromatic amines is 1. The highest BCUT2D eigenvalue weighted by atomic mass is 32.2. The molecule has 0 aliphatic heterocycles. The topological polar surface area (TPSA) is 124 Å². The molecular formula is C27H24FN5O4S. The number of anilines is 2. The summed E-state index contributed by atoms with van der Waals surface area (Å²) >= 11 is 0. The fourth-order valence-corrected chi connectivity index (χ4v) is 4.61. The lowest BCUT2D eigenvalue weighted by molar-refractivity contribution is 0.103. The Labute approximate surface area is 220 Å². The van der Waals surface area contributed by atoms with Gasteiger partial charge in [0.05, 0.1) is 35.9 Å². The first-order chi connectivity index (χ1) is 18.2. The van der Waals surface area contributed by atoms with Gasteiger partial charge in [0.1, 0.15) is 28.3 Å². The van der Waals surface area contributed by atoms with Gasteiger partial charge in [-0.2, -0.15) is 5.10 Å². The predicted molar refractivity (Wildman–Crippen MR) is 145 cm³/mol.